The van der Waals surface area contributed by atoms with E-state index >= 15 is 0 Å². The number of aromatic nitrogens is 1. The Kier molecular flexibility index (Phi) is 5.63. The molecule has 4 N–H and O–H groups in total. The van der Waals surface area contributed by atoms with E-state index in [1.165, 1.54) is 0 Å². The molecule has 0 bridgehead atoms. The van der Waals surface area contributed by atoms with Gasteiger partial charge < -0.3 is 16.0 Å². The molecule has 22 heavy (non-hydrogen) atoms. The number of H-pyrrole nitrogens is 1. The van der Waals surface area contributed by atoms with Crippen molar-refractivity contribution in [3.8, 4) is 11.3 Å². The van der Waals surface area contributed by atoms with Crippen LogP contribution in [0.2, 0.25) is 0 Å². The number of nitrogens with two attached hydrogens (primary N) is 1. The van der Waals surface area contributed by atoms with E-state index in [4.69, 9.17) is 5.73 Å². The molecule has 4 nitrogen and oxygen atoms in total. The van der Waals surface area contributed by atoms with Crippen LogP contribution in [-0.2, 0) is 0 Å². The summed E-state index contributed by atoms with van der Waals surface area (Å²) in [7, 11) is 0. The summed E-state index contributed by atoms with van der Waals surface area (Å²) in [5, 5.41) is 3.11. The van der Waals surface area contributed by atoms with Crippen LogP contribution in [-0.4, -0.2) is 23.5 Å². The van der Waals surface area contributed by atoms with Gasteiger partial charge in [-0.2, -0.15) is 0 Å². The Balaban J connectivity index is 0.00000176. The van der Waals surface area contributed by atoms with E-state index in [1.807, 2.05) is 42.5 Å². The van der Waals surface area contributed by atoms with Crippen LogP contribution in [0.25, 0.3) is 11.3 Å². The van der Waals surface area contributed by atoms with Crippen molar-refractivity contribution in [3.63, 3.8) is 0 Å². The molecule has 1 amide bonds. The van der Waals surface area contributed by atoms with Crippen molar-refractivity contribution in [2.24, 2.45) is 11.7 Å². The van der Waals surface area contributed by atoms with Gasteiger partial charge in [0.25, 0.3) is 5.91 Å². The van der Waals surface area contributed by atoms with Crippen LogP contribution in [0.5, 0.6) is 0 Å². The maximum Gasteiger partial charge on any atom is 0.267 e. The highest BCUT2D eigenvalue weighted by molar-refractivity contribution is 5.93. The van der Waals surface area contributed by atoms with E-state index in [-0.39, 0.29) is 24.4 Å². The van der Waals surface area contributed by atoms with Gasteiger partial charge in [0.05, 0.1) is 0 Å². The summed E-state index contributed by atoms with van der Waals surface area (Å²) >= 11 is 0. The Bertz CT molecular complexity index is 611. The standard InChI is InChI=1S/C17H21N3O.ClH/c18-11-13-7-4-8-14(13)20-17(21)16-10-9-15(19-16)12-5-2-1-3-6-12;/h1-3,5-6,9-10,13-14,19H,4,7-8,11,18H2,(H,20,21);1H. The highest BCUT2D eigenvalue weighted by atomic mass is 35.5. The first kappa shape index (κ1) is 16.6. The predicted octanol–water partition coefficient (Wildman–Crippen LogP) is 2.96. The van der Waals surface area contributed by atoms with Crippen LogP contribution in [0.15, 0.2) is 42.5 Å². The number of nitrogens with one attached hydrogen (secondary N) is 2. The monoisotopic (exact) mass is 319 g/mol. The van der Waals surface area contributed by atoms with Crippen molar-refractivity contribution in [3.05, 3.63) is 48.2 Å². The number of carbonyl (C=O) groups is 1. The first-order valence-electron chi connectivity index (χ1n) is 7.53. The Morgan fingerprint density at radius 3 is 2.68 bits per heavy atom. The Morgan fingerprint density at radius 2 is 1.95 bits per heavy atom. The third kappa shape index (κ3) is 3.51. The average Bonchev–Trinajstić information content (AvgIpc) is 3.17. The van der Waals surface area contributed by atoms with Gasteiger partial charge in [-0.25, -0.2) is 0 Å². The van der Waals surface area contributed by atoms with Crippen molar-refractivity contribution in [1.82, 2.24) is 10.3 Å². The van der Waals surface area contributed by atoms with Crippen LogP contribution in [0.3, 0.4) is 0 Å². The van der Waals surface area contributed by atoms with Crippen molar-refractivity contribution < 1.29 is 4.79 Å². The second-order valence-corrected chi connectivity index (χ2v) is 5.66. The topological polar surface area (TPSA) is 70.9 Å². The van der Waals surface area contributed by atoms with Crippen LogP contribution >= 0.6 is 12.4 Å². The van der Waals surface area contributed by atoms with Crippen LogP contribution in [0, 0.1) is 5.92 Å². The highest BCUT2D eigenvalue weighted by Crippen LogP contribution is 2.25. The molecule has 2 aromatic rings. The van der Waals surface area contributed by atoms with Gasteiger partial charge in [0.15, 0.2) is 0 Å². The summed E-state index contributed by atoms with van der Waals surface area (Å²) in [5.41, 5.74) is 8.41. The summed E-state index contributed by atoms with van der Waals surface area (Å²) < 4.78 is 0. The second kappa shape index (κ2) is 7.47. The van der Waals surface area contributed by atoms with Crippen molar-refractivity contribution >= 4 is 18.3 Å². The molecule has 0 saturated heterocycles. The van der Waals surface area contributed by atoms with E-state index in [1.54, 1.807) is 0 Å². The van der Waals surface area contributed by atoms with Gasteiger partial charge in [-0.15, -0.1) is 12.4 Å². The van der Waals surface area contributed by atoms with Gasteiger partial charge in [0.2, 0.25) is 0 Å². The van der Waals surface area contributed by atoms with Crippen molar-refractivity contribution in [1.29, 1.82) is 0 Å². The lowest BCUT2D eigenvalue weighted by atomic mass is 10.0. The van der Waals surface area contributed by atoms with Crippen LogP contribution < -0.4 is 11.1 Å². The smallest absolute Gasteiger partial charge is 0.267 e. The minimum absolute atomic E-state index is 0. The Morgan fingerprint density at radius 1 is 1.18 bits per heavy atom. The fourth-order valence-electron chi connectivity index (χ4n) is 3.07. The maximum absolute atomic E-state index is 12.3. The predicted molar refractivity (Wildman–Crippen MR) is 91.1 cm³/mol. The first-order valence-corrected chi connectivity index (χ1v) is 7.53. The number of amides is 1. The summed E-state index contributed by atoms with van der Waals surface area (Å²) in [6, 6.07) is 14.0. The van der Waals surface area contributed by atoms with E-state index in [2.05, 4.69) is 10.3 Å². The number of hydrogen-bond acceptors (Lipinski definition) is 2. The first-order chi connectivity index (χ1) is 10.3. The van der Waals surface area contributed by atoms with Gasteiger partial charge in [0, 0.05) is 11.7 Å². The zero-order valence-corrected chi connectivity index (χ0v) is 13.2. The molecule has 2 unspecified atom stereocenters. The molecule has 1 aliphatic rings. The maximum atomic E-state index is 12.3. The number of hydrogen-bond donors (Lipinski definition) is 3. The summed E-state index contributed by atoms with van der Waals surface area (Å²) in [5.74, 6) is 0.375. The lowest BCUT2D eigenvalue weighted by molar-refractivity contribution is 0.0924. The fourth-order valence-corrected chi connectivity index (χ4v) is 3.07. The molecule has 1 aromatic carbocycles. The molecule has 1 heterocycles. The largest absolute Gasteiger partial charge is 0.351 e. The van der Waals surface area contributed by atoms with Gasteiger partial charge >= 0.3 is 0 Å². The zero-order valence-electron chi connectivity index (χ0n) is 12.4. The van der Waals surface area contributed by atoms with Gasteiger partial charge in [-0.1, -0.05) is 36.8 Å². The Hall–Kier alpha value is -1.78. The molecule has 0 aliphatic heterocycles. The zero-order chi connectivity index (χ0) is 14.7. The van der Waals surface area contributed by atoms with Crippen LogP contribution in [0.1, 0.15) is 29.8 Å². The number of rotatable bonds is 4. The average molecular weight is 320 g/mol. The third-order valence-corrected chi connectivity index (χ3v) is 4.29. The van der Waals surface area contributed by atoms with E-state index in [0.29, 0.717) is 18.2 Å². The quantitative estimate of drug-likeness (QED) is 0.810. The van der Waals surface area contributed by atoms with Gasteiger partial charge in [0.1, 0.15) is 5.69 Å². The van der Waals surface area contributed by atoms with E-state index in [9.17, 15) is 4.79 Å². The molecule has 118 valence electrons. The molecule has 0 spiro atoms. The van der Waals surface area contributed by atoms with Crippen molar-refractivity contribution in [2.45, 2.75) is 25.3 Å². The van der Waals surface area contributed by atoms with Crippen molar-refractivity contribution in [2.75, 3.05) is 6.54 Å². The SMILES string of the molecule is Cl.NCC1CCCC1NC(=O)c1ccc(-c2ccccc2)[nH]1. The molecule has 1 aliphatic carbocycles. The van der Waals surface area contributed by atoms with E-state index < -0.39 is 0 Å². The lowest BCUT2D eigenvalue weighted by Crippen LogP contribution is -2.40. The molecule has 5 heteroatoms. The number of aromatic amines is 1. The molecule has 0 radical (unpaired) electrons. The van der Waals surface area contributed by atoms with Gasteiger partial charge in [-0.05, 0) is 43.0 Å². The molecule has 2 atom stereocenters. The number of benzene rings is 1. The third-order valence-electron chi connectivity index (χ3n) is 4.29. The van der Waals surface area contributed by atoms with E-state index in [0.717, 1.165) is 30.5 Å². The highest BCUT2D eigenvalue weighted by Gasteiger charge is 2.27. The summed E-state index contributed by atoms with van der Waals surface area (Å²) in [4.78, 5) is 15.5. The van der Waals surface area contributed by atoms with Gasteiger partial charge in [-0.3, -0.25) is 4.79 Å². The fraction of sp³-hybridized carbons (Fsp3) is 0.353. The number of halogens is 1. The molecule has 1 fully saturated rings. The summed E-state index contributed by atoms with van der Waals surface area (Å²) in [6.45, 7) is 0.644. The molecule has 1 saturated carbocycles. The molecule has 3 rings (SSSR count). The molecular formula is C17H22ClN3O. The lowest BCUT2D eigenvalue weighted by Gasteiger charge is -2.18. The molecular weight excluding hydrogens is 298 g/mol. The van der Waals surface area contributed by atoms with Crippen LogP contribution in [0.4, 0.5) is 0 Å². The second-order valence-electron chi connectivity index (χ2n) is 5.66. The minimum Gasteiger partial charge on any atom is -0.351 e. The Labute approximate surface area is 136 Å². The molecule has 1 aromatic heterocycles. The number of carbonyl (C=O) groups excluding carboxylic acids is 1. The minimum atomic E-state index is -0.0393. The normalized spacial score (nSPS) is 20.4. The summed E-state index contributed by atoms with van der Waals surface area (Å²) in [6.07, 6.45) is 3.29.